The second-order valence-electron chi connectivity index (χ2n) is 18.4. The van der Waals surface area contributed by atoms with Crippen molar-refractivity contribution in [3.05, 3.63) is 221 Å². The molecule has 304 valence electrons. The maximum absolute atomic E-state index is 2.66. The maximum Gasteiger partial charge on any atom is 0.0619 e. The van der Waals surface area contributed by atoms with Gasteiger partial charge in [0.1, 0.15) is 0 Å². The van der Waals surface area contributed by atoms with Crippen molar-refractivity contribution in [2.75, 3.05) is 0 Å². The van der Waals surface area contributed by atoms with Crippen molar-refractivity contribution in [2.45, 2.75) is 63.2 Å². The summed E-state index contributed by atoms with van der Waals surface area (Å²) in [5.74, 6) is 0.225. The second-order valence-corrected chi connectivity index (χ2v) is 18.4. The fraction of sp³-hybridized carbons (Fsp3) is 0.180. The molecule has 6 aromatic carbocycles. The van der Waals surface area contributed by atoms with Gasteiger partial charge in [-0.25, -0.2) is 0 Å². The van der Waals surface area contributed by atoms with E-state index in [1.54, 1.807) is 0 Å². The highest BCUT2D eigenvalue weighted by Gasteiger charge is 2.50. The lowest BCUT2D eigenvalue weighted by atomic mass is 9.61. The predicted molar refractivity (Wildman–Crippen MR) is 266 cm³/mol. The smallest absolute Gasteiger partial charge is 0.0619 e. The molecule has 0 amide bonds. The summed E-state index contributed by atoms with van der Waals surface area (Å²) in [4.78, 5) is 0. The van der Waals surface area contributed by atoms with Crippen molar-refractivity contribution in [2.24, 2.45) is 5.92 Å². The Morgan fingerprint density at radius 1 is 0.556 bits per heavy atom. The molecule has 5 aliphatic carbocycles. The number of fused-ring (bicyclic) bond motifs is 9. The lowest BCUT2D eigenvalue weighted by Crippen LogP contribution is -2.37. The first-order valence-corrected chi connectivity index (χ1v) is 23.4. The van der Waals surface area contributed by atoms with E-state index in [0.717, 1.165) is 44.9 Å². The van der Waals surface area contributed by atoms with E-state index in [1.807, 2.05) is 0 Å². The number of rotatable bonds is 6. The van der Waals surface area contributed by atoms with E-state index in [2.05, 4.69) is 197 Å². The van der Waals surface area contributed by atoms with E-state index < -0.39 is 0 Å². The third-order valence-electron chi connectivity index (χ3n) is 15.1. The van der Waals surface area contributed by atoms with Gasteiger partial charge in [-0.1, -0.05) is 164 Å². The van der Waals surface area contributed by atoms with Gasteiger partial charge >= 0.3 is 0 Å². The Kier molecular flexibility index (Phi) is 8.51. The SMILES string of the molecule is C1=CCCC(C2=CC(n3c4ccccc4c4cccc(-c5ccc6c7c(n(C8=CCCCC8)c6c5)C=CC(C5(c6ccccc6)c6ccccc6-c6ccccc65)C7)c43)=CCC2)=C1. The van der Waals surface area contributed by atoms with Gasteiger partial charge in [-0.15, -0.1) is 0 Å². The molecule has 2 heterocycles. The van der Waals surface area contributed by atoms with Crippen LogP contribution in [0.4, 0.5) is 0 Å². The largest absolute Gasteiger partial charge is 0.314 e. The van der Waals surface area contributed by atoms with Crippen LogP contribution >= 0.6 is 0 Å². The number of aromatic nitrogens is 2. The van der Waals surface area contributed by atoms with Crippen LogP contribution in [-0.2, 0) is 11.8 Å². The van der Waals surface area contributed by atoms with E-state index in [4.69, 9.17) is 0 Å². The number of nitrogens with zero attached hydrogens (tertiary/aromatic N) is 2. The van der Waals surface area contributed by atoms with Gasteiger partial charge in [0.15, 0.2) is 0 Å². The Hall–Kier alpha value is -6.90. The Morgan fingerprint density at radius 3 is 2.13 bits per heavy atom. The van der Waals surface area contributed by atoms with Gasteiger partial charge in [0, 0.05) is 38.8 Å². The molecule has 0 aliphatic heterocycles. The zero-order valence-corrected chi connectivity index (χ0v) is 35.7. The first kappa shape index (κ1) is 36.7. The van der Waals surface area contributed by atoms with Gasteiger partial charge in [-0.2, -0.15) is 0 Å². The highest BCUT2D eigenvalue weighted by Crippen LogP contribution is 2.58. The standard InChI is InChI=1S/C61H50N2/c1-4-18-41(19-5-1)42-20-16-25-47(38-42)63-57-33-15-12-28-51(57)53-30-17-29-48(60(53)63)43-34-36-52-54-40-45(35-37-58(54)62(59(52)39-43)46-23-8-3-9-24-46)61(44-21-6-2-7-22-44)55-31-13-10-26-49(55)50-27-11-14-32-56(50)61/h1-2,4,6-7,10-15,17-18,21-23,25-39,45H,3,5,8-9,16,19-20,24,40H2. The van der Waals surface area contributed by atoms with Crippen LogP contribution in [0.2, 0.25) is 0 Å². The molecule has 63 heavy (non-hydrogen) atoms. The minimum Gasteiger partial charge on any atom is -0.314 e. The summed E-state index contributed by atoms with van der Waals surface area (Å²) in [6, 6.07) is 53.2. The Labute approximate surface area is 370 Å². The van der Waals surface area contributed by atoms with Crippen molar-refractivity contribution in [1.29, 1.82) is 0 Å². The lowest BCUT2D eigenvalue weighted by molar-refractivity contribution is 0.452. The monoisotopic (exact) mass is 810 g/mol. The first-order valence-electron chi connectivity index (χ1n) is 23.4. The molecule has 0 saturated carbocycles. The Bertz CT molecular complexity index is 3320. The van der Waals surface area contributed by atoms with Gasteiger partial charge in [0.25, 0.3) is 0 Å². The fourth-order valence-electron chi connectivity index (χ4n) is 12.4. The Balaban J connectivity index is 1.01. The predicted octanol–water partition coefficient (Wildman–Crippen LogP) is 15.9. The summed E-state index contributed by atoms with van der Waals surface area (Å²) in [6.45, 7) is 0. The van der Waals surface area contributed by atoms with Crippen LogP contribution in [0.25, 0.3) is 72.4 Å². The zero-order chi connectivity index (χ0) is 41.5. The van der Waals surface area contributed by atoms with E-state index >= 15 is 0 Å². The summed E-state index contributed by atoms with van der Waals surface area (Å²) in [5.41, 5.74) is 21.6. The molecular formula is C61H50N2. The van der Waals surface area contributed by atoms with E-state index in [1.165, 1.54) is 118 Å². The average molecular weight is 811 g/mol. The molecule has 5 aliphatic rings. The topological polar surface area (TPSA) is 9.86 Å². The van der Waals surface area contributed by atoms with Crippen LogP contribution < -0.4 is 0 Å². The number of allylic oxidation sites excluding steroid dienone is 11. The third-order valence-corrected chi connectivity index (χ3v) is 15.1. The maximum atomic E-state index is 2.66. The second kappa shape index (κ2) is 14.6. The summed E-state index contributed by atoms with van der Waals surface area (Å²) in [6.07, 6.45) is 29.5. The number of hydrogen-bond donors (Lipinski definition) is 0. The molecule has 2 aromatic heterocycles. The normalized spacial score (nSPS) is 18.8. The fourth-order valence-corrected chi connectivity index (χ4v) is 12.4. The van der Waals surface area contributed by atoms with E-state index in [9.17, 15) is 0 Å². The van der Waals surface area contributed by atoms with Gasteiger partial charge in [0.05, 0.1) is 22.0 Å². The molecule has 2 nitrogen and oxygen atoms in total. The van der Waals surface area contributed by atoms with Crippen LogP contribution in [0.3, 0.4) is 0 Å². The van der Waals surface area contributed by atoms with Crippen molar-refractivity contribution in [3.8, 4) is 22.3 Å². The molecule has 1 atom stereocenters. The Morgan fingerprint density at radius 2 is 1.32 bits per heavy atom. The zero-order valence-electron chi connectivity index (χ0n) is 35.7. The van der Waals surface area contributed by atoms with Gasteiger partial charge in [0.2, 0.25) is 0 Å². The quantitative estimate of drug-likeness (QED) is 0.158. The molecule has 8 aromatic rings. The van der Waals surface area contributed by atoms with Crippen LogP contribution in [0, 0.1) is 5.92 Å². The van der Waals surface area contributed by atoms with Crippen LogP contribution in [0.1, 0.15) is 79.3 Å². The van der Waals surface area contributed by atoms with Crippen molar-refractivity contribution < 1.29 is 0 Å². The molecule has 0 fully saturated rings. The number of para-hydroxylation sites is 2. The van der Waals surface area contributed by atoms with E-state index in [0.29, 0.717) is 0 Å². The number of hydrogen-bond acceptors (Lipinski definition) is 0. The molecule has 0 saturated heterocycles. The third kappa shape index (κ3) is 5.50. The van der Waals surface area contributed by atoms with E-state index in [-0.39, 0.29) is 11.3 Å². The first-order chi connectivity index (χ1) is 31.3. The van der Waals surface area contributed by atoms with Crippen LogP contribution in [0.5, 0.6) is 0 Å². The summed E-state index contributed by atoms with van der Waals surface area (Å²) < 4.78 is 5.23. The highest BCUT2D eigenvalue weighted by atomic mass is 15.0. The molecule has 0 radical (unpaired) electrons. The lowest BCUT2D eigenvalue weighted by Gasteiger charge is -2.40. The van der Waals surface area contributed by atoms with Crippen molar-refractivity contribution in [3.63, 3.8) is 0 Å². The molecule has 13 rings (SSSR count). The summed E-state index contributed by atoms with van der Waals surface area (Å²) in [7, 11) is 0. The average Bonchev–Trinajstić information content (AvgIpc) is 3.99. The van der Waals surface area contributed by atoms with Gasteiger partial charge in [-0.05, 0) is 138 Å². The summed E-state index contributed by atoms with van der Waals surface area (Å²) >= 11 is 0. The minimum atomic E-state index is -0.309. The molecule has 0 bridgehead atoms. The molecule has 0 spiro atoms. The highest BCUT2D eigenvalue weighted by molar-refractivity contribution is 6.15. The molecule has 0 N–H and O–H groups in total. The van der Waals surface area contributed by atoms with Crippen molar-refractivity contribution in [1.82, 2.24) is 9.13 Å². The minimum absolute atomic E-state index is 0.225. The molecular weight excluding hydrogens is 761 g/mol. The van der Waals surface area contributed by atoms with Crippen LogP contribution in [0.15, 0.2) is 193 Å². The van der Waals surface area contributed by atoms with Gasteiger partial charge < -0.3 is 9.13 Å². The van der Waals surface area contributed by atoms with Gasteiger partial charge in [-0.3, -0.25) is 0 Å². The number of benzene rings is 6. The summed E-state index contributed by atoms with van der Waals surface area (Å²) in [5, 5.41) is 3.99. The molecule has 2 heteroatoms. The molecule has 1 unspecified atom stereocenters. The van der Waals surface area contributed by atoms with Crippen molar-refractivity contribution >= 4 is 50.2 Å². The van der Waals surface area contributed by atoms with Crippen LogP contribution in [-0.4, -0.2) is 9.13 Å².